The zero-order valence-corrected chi connectivity index (χ0v) is 30.0. The summed E-state index contributed by atoms with van der Waals surface area (Å²) in [6.45, 7) is 0. The summed E-state index contributed by atoms with van der Waals surface area (Å²) in [5.41, 5.74) is 20.9. The molecule has 0 atom stereocenters. The van der Waals surface area contributed by atoms with Crippen molar-refractivity contribution in [1.82, 2.24) is 0 Å². The number of hydrogen-bond acceptors (Lipinski definition) is 0. The van der Waals surface area contributed by atoms with Crippen LogP contribution in [0.2, 0.25) is 0 Å². The van der Waals surface area contributed by atoms with Crippen molar-refractivity contribution in [2.45, 2.75) is 5.41 Å². The summed E-state index contributed by atoms with van der Waals surface area (Å²) in [4.78, 5) is 0. The van der Waals surface area contributed by atoms with Gasteiger partial charge in [-0.3, -0.25) is 0 Å². The average molecular weight is 693 g/mol. The Bertz CT molecular complexity index is 3230. The van der Waals surface area contributed by atoms with Gasteiger partial charge in [-0.15, -0.1) is 0 Å². The molecule has 0 fully saturated rings. The lowest BCUT2D eigenvalue weighted by molar-refractivity contribution is 0.795. The Morgan fingerprint density at radius 1 is 0.255 bits per heavy atom. The van der Waals surface area contributed by atoms with Crippen LogP contribution >= 0.6 is 0 Å². The maximum absolute atomic E-state index is 2.51. The maximum Gasteiger partial charge on any atom is 0.0725 e. The first-order valence-corrected chi connectivity index (χ1v) is 19.3. The van der Waals surface area contributed by atoms with Gasteiger partial charge in [0.1, 0.15) is 0 Å². The van der Waals surface area contributed by atoms with Crippen molar-refractivity contribution in [3.05, 3.63) is 216 Å². The quantitative estimate of drug-likeness (QED) is 0.169. The van der Waals surface area contributed by atoms with Gasteiger partial charge in [0.2, 0.25) is 0 Å². The van der Waals surface area contributed by atoms with E-state index >= 15 is 0 Å². The van der Waals surface area contributed by atoms with Crippen molar-refractivity contribution >= 4 is 32.3 Å². The van der Waals surface area contributed by atoms with Gasteiger partial charge < -0.3 is 0 Å². The van der Waals surface area contributed by atoms with Crippen LogP contribution in [0, 0.1) is 0 Å². The Morgan fingerprint density at radius 3 is 1.62 bits per heavy atom. The Hall–Kier alpha value is -7.02. The lowest BCUT2D eigenvalue weighted by Crippen LogP contribution is -2.25. The van der Waals surface area contributed by atoms with E-state index in [0.717, 1.165) is 0 Å². The normalized spacial score (nSPS) is 13.6. The van der Waals surface area contributed by atoms with E-state index < -0.39 is 0 Å². The molecular formula is C55H32. The van der Waals surface area contributed by atoms with Crippen molar-refractivity contribution in [2.24, 2.45) is 0 Å². The zero-order valence-electron chi connectivity index (χ0n) is 30.0. The Morgan fingerprint density at radius 2 is 0.836 bits per heavy atom. The molecule has 0 unspecified atom stereocenters. The molecule has 10 aromatic rings. The topological polar surface area (TPSA) is 0 Å². The summed E-state index contributed by atoms with van der Waals surface area (Å²) in [6.07, 6.45) is 0. The highest BCUT2D eigenvalue weighted by molar-refractivity contribution is 6.18. The molecule has 0 amide bonds. The molecule has 0 saturated heterocycles. The van der Waals surface area contributed by atoms with E-state index in [1.807, 2.05) is 0 Å². The molecule has 0 aliphatic heterocycles. The molecular weight excluding hydrogens is 661 g/mol. The van der Waals surface area contributed by atoms with Gasteiger partial charge >= 0.3 is 0 Å². The highest BCUT2D eigenvalue weighted by atomic mass is 14.5. The third-order valence-corrected chi connectivity index (χ3v) is 13.0. The van der Waals surface area contributed by atoms with Gasteiger partial charge in [0.25, 0.3) is 0 Å². The molecule has 13 rings (SSSR count). The molecule has 3 aliphatic rings. The molecule has 0 nitrogen and oxygen atoms in total. The van der Waals surface area contributed by atoms with Gasteiger partial charge in [-0.05, 0) is 140 Å². The number of rotatable bonds is 2. The van der Waals surface area contributed by atoms with E-state index in [0.29, 0.717) is 0 Å². The fourth-order valence-electron chi connectivity index (χ4n) is 10.7. The Labute approximate surface area is 319 Å². The second-order valence-electron chi connectivity index (χ2n) is 15.5. The van der Waals surface area contributed by atoms with Crippen molar-refractivity contribution in [3.63, 3.8) is 0 Å². The number of benzene rings is 10. The summed E-state index contributed by atoms with van der Waals surface area (Å²) >= 11 is 0. The number of fused-ring (bicyclic) bond motifs is 16. The summed E-state index contributed by atoms with van der Waals surface area (Å²) < 4.78 is 0. The van der Waals surface area contributed by atoms with Crippen LogP contribution in [0.15, 0.2) is 194 Å². The van der Waals surface area contributed by atoms with Gasteiger partial charge in [0.15, 0.2) is 0 Å². The fourth-order valence-corrected chi connectivity index (χ4v) is 10.7. The molecule has 0 heteroatoms. The third-order valence-electron chi connectivity index (χ3n) is 13.0. The van der Waals surface area contributed by atoms with Crippen molar-refractivity contribution in [1.29, 1.82) is 0 Å². The van der Waals surface area contributed by atoms with E-state index in [1.54, 1.807) is 0 Å². The van der Waals surface area contributed by atoms with E-state index in [2.05, 4.69) is 194 Å². The third kappa shape index (κ3) is 3.71. The Balaban J connectivity index is 0.977. The average Bonchev–Trinajstić information content (AvgIpc) is 3.85. The minimum absolute atomic E-state index is 0.380. The minimum atomic E-state index is -0.380. The Kier molecular flexibility index (Phi) is 5.65. The minimum Gasteiger partial charge on any atom is -0.0619 e. The van der Waals surface area contributed by atoms with Crippen molar-refractivity contribution in [2.75, 3.05) is 0 Å². The van der Waals surface area contributed by atoms with Crippen LogP contribution in [-0.2, 0) is 5.41 Å². The second kappa shape index (κ2) is 10.6. The lowest BCUT2D eigenvalue weighted by Gasteiger charge is -2.30. The van der Waals surface area contributed by atoms with Crippen LogP contribution in [0.1, 0.15) is 22.3 Å². The van der Waals surface area contributed by atoms with Crippen LogP contribution in [0.25, 0.3) is 99.1 Å². The molecule has 55 heavy (non-hydrogen) atoms. The van der Waals surface area contributed by atoms with Gasteiger partial charge in [0.05, 0.1) is 5.41 Å². The van der Waals surface area contributed by atoms with Crippen LogP contribution in [0.3, 0.4) is 0 Å². The molecule has 0 aromatic heterocycles. The van der Waals surface area contributed by atoms with E-state index in [1.165, 1.54) is 121 Å². The predicted octanol–water partition coefficient (Wildman–Crippen LogP) is 14.5. The molecule has 0 bridgehead atoms. The predicted molar refractivity (Wildman–Crippen MR) is 231 cm³/mol. The lowest BCUT2D eigenvalue weighted by atomic mass is 9.70. The molecule has 3 aliphatic carbocycles. The van der Waals surface area contributed by atoms with Crippen LogP contribution in [0.4, 0.5) is 0 Å². The van der Waals surface area contributed by atoms with E-state index in [9.17, 15) is 0 Å². The van der Waals surface area contributed by atoms with Gasteiger partial charge in [-0.1, -0.05) is 176 Å². The first-order valence-electron chi connectivity index (χ1n) is 19.3. The van der Waals surface area contributed by atoms with Crippen LogP contribution in [0.5, 0.6) is 0 Å². The molecule has 252 valence electrons. The van der Waals surface area contributed by atoms with E-state index in [-0.39, 0.29) is 5.41 Å². The molecule has 0 saturated carbocycles. The standard InChI is InChI=1S/C55H32/c1-2-11-40-34(10-1)26-29-51-54(40)48-31-37-25-24-36(30-38(37)32-52(48)55(51)49-18-7-5-14-43(49)44-15-6-8-19-50(44)55)33-20-22-35(23-21-33)39-27-28-47-42-13-4-3-12-41(42)46-17-9-16-45(39)53(46)47/h1-32H. The molecule has 0 radical (unpaired) electrons. The molecule has 10 aromatic carbocycles. The second-order valence-corrected chi connectivity index (χ2v) is 15.5. The largest absolute Gasteiger partial charge is 0.0725 e. The fraction of sp³-hybridized carbons (Fsp3) is 0.0182. The highest BCUT2D eigenvalue weighted by Crippen LogP contribution is 2.64. The van der Waals surface area contributed by atoms with Crippen LogP contribution in [-0.4, -0.2) is 0 Å². The summed E-state index contributed by atoms with van der Waals surface area (Å²) in [5, 5.41) is 7.82. The monoisotopic (exact) mass is 692 g/mol. The molecule has 0 N–H and O–H groups in total. The summed E-state index contributed by atoms with van der Waals surface area (Å²) in [6, 6.07) is 73.2. The SMILES string of the molecule is c1ccc2c(c1)-c1cccc3c(-c4ccc(-c5ccc6cc7c(cc6c5)C5(c6ccccc6-c6ccccc65)c5ccc6ccccc6c5-7)cc4)ccc-2c13. The van der Waals surface area contributed by atoms with Crippen LogP contribution < -0.4 is 0 Å². The van der Waals surface area contributed by atoms with E-state index in [4.69, 9.17) is 0 Å². The van der Waals surface area contributed by atoms with Gasteiger partial charge in [-0.2, -0.15) is 0 Å². The first kappa shape index (κ1) is 29.4. The summed E-state index contributed by atoms with van der Waals surface area (Å²) in [7, 11) is 0. The summed E-state index contributed by atoms with van der Waals surface area (Å²) in [5.74, 6) is 0. The van der Waals surface area contributed by atoms with Gasteiger partial charge in [0, 0.05) is 0 Å². The van der Waals surface area contributed by atoms with Crippen molar-refractivity contribution in [3.8, 4) is 66.8 Å². The number of hydrogen-bond donors (Lipinski definition) is 0. The maximum atomic E-state index is 2.51. The zero-order chi connectivity index (χ0) is 35.8. The first-order chi connectivity index (χ1) is 27.3. The molecule has 0 heterocycles. The molecule has 1 spiro atoms. The van der Waals surface area contributed by atoms with Gasteiger partial charge in [-0.25, -0.2) is 0 Å². The smallest absolute Gasteiger partial charge is 0.0619 e. The highest BCUT2D eigenvalue weighted by Gasteiger charge is 2.52. The van der Waals surface area contributed by atoms with Crippen molar-refractivity contribution < 1.29 is 0 Å².